The van der Waals surface area contributed by atoms with Gasteiger partial charge in [0.05, 0.1) is 6.04 Å². The molecule has 5 heteroatoms. The Kier molecular flexibility index (Phi) is 3.79. The van der Waals surface area contributed by atoms with Crippen LogP contribution < -0.4 is 11.1 Å². The minimum atomic E-state index is -0.00635. The zero-order valence-electron chi connectivity index (χ0n) is 8.98. The maximum atomic E-state index is 11.9. The van der Waals surface area contributed by atoms with E-state index in [1.54, 1.807) is 12.3 Å². The Labute approximate surface area is 99.0 Å². The molecule has 16 heavy (non-hydrogen) atoms. The molecule has 1 aliphatic rings. The Morgan fingerprint density at radius 3 is 3.25 bits per heavy atom. The molecule has 4 nitrogen and oxygen atoms in total. The Bertz CT molecular complexity index is 377. The fourth-order valence-corrected chi connectivity index (χ4v) is 2.67. The van der Waals surface area contributed by atoms with Crippen LogP contribution in [-0.2, 0) is 11.2 Å². The quantitative estimate of drug-likeness (QED) is 0.800. The molecule has 0 radical (unpaired) electrons. The zero-order chi connectivity index (χ0) is 11.4. The van der Waals surface area contributed by atoms with Crippen molar-refractivity contribution in [3.8, 4) is 0 Å². The highest BCUT2D eigenvalue weighted by molar-refractivity contribution is 7.99. The molecule has 3 N–H and O–H groups in total. The number of nitrogens with two attached hydrogens (primary N) is 1. The van der Waals surface area contributed by atoms with Gasteiger partial charge in [-0.1, -0.05) is 0 Å². The maximum Gasteiger partial charge on any atom is 0.154 e. The van der Waals surface area contributed by atoms with Crippen molar-refractivity contribution in [3.63, 3.8) is 0 Å². The van der Waals surface area contributed by atoms with Crippen molar-refractivity contribution in [1.29, 1.82) is 0 Å². The lowest BCUT2D eigenvalue weighted by molar-refractivity contribution is -0.119. The van der Waals surface area contributed by atoms with Crippen molar-refractivity contribution in [2.45, 2.75) is 12.5 Å². The molecule has 1 aliphatic heterocycles. The lowest BCUT2D eigenvalue weighted by Gasteiger charge is -2.21. The van der Waals surface area contributed by atoms with Crippen molar-refractivity contribution in [1.82, 2.24) is 10.3 Å². The molecule has 1 unspecified atom stereocenters. The number of hydrogen-bond acceptors (Lipinski definition) is 5. The summed E-state index contributed by atoms with van der Waals surface area (Å²) in [5.41, 5.74) is 6.51. The van der Waals surface area contributed by atoms with E-state index in [0.717, 1.165) is 23.6 Å². The number of thioether (sulfide) groups is 1. The molecule has 1 aromatic rings. The Hall–Kier alpha value is -1.07. The topological polar surface area (TPSA) is 68.0 Å². The first-order valence-corrected chi connectivity index (χ1v) is 6.45. The van der Waals surface area contributed by atoms with Gasteiger partial charge in [-0.25, -0.2) is 4.98 Å². The predicted molar refractivity (Wildman–Crippen MR) is 66.5 cm³/mol. The van der Waals surface area contributed by atoms with Crippen molar-refractivity contribution >= 4 is 23.4 Å². The predicted octanol–water partition coefficient (Wildman–Crippen LogP) is 0.480. The van der Waals surface area contributed by atoms with Gasteiger partial charge in [0.2, 0.25) is 0 Å². The van der Waals surface area contributed by atoms with Crippen LogP contribution >= 0.6 is 11.8 Å². The first-order chi connectivity index (χ1) is 7.75. The second-order valence-electron chi connectivity index (χ2n) is 3.81. The van der Waals surface area contributed by atoms with E-state index in [2.05, 4.69) is 10.3 Å². The lowest BCUT2D eigenvalue weighted by Crippen LogP contribution is -2.44. The average Bonchev–Trinajstić information content (AvgIpc) is 2.30. The molecule has 0 spiro atoms. The normalized spacial score (nSPS) is 20.6. The van der Waals surface area contributed by atoms with Crippen LogP contribution in [0, 0.1) is 0 Å². The monoisotopic (exact) mass is 237 g/mol. The summed E-state index contributed by atoms with van der Waals surface area (Å²) in [7, 11) is 0. The lowest BCUT2D eigenvalue weighted by atomic mass is 10.1. The summed E-state index contributed by atoms with van der Waals surface area (Å²) in [6.45, 7) is 0.916. The summed E-state index contributed by atoms with van der Waals surface area (Å²) in [6, 6.07) is 3.59. The summed E-state index contributed by atoms with van der Waals surface area (Å²) in [4.78, 5) is 15.8. The molecule has 0 bridgehead atoms. The fourth-order valence-electron chi connectivity index (χ4n) is 1.70. The molecular weight excluding hydrogens is 222 g/mol. The summed E-state index contributed by atoms with van der Waals surface area (Å²) in [6.07, 6.45) is 2.08. The van der Waals surface area contributed by atoms with E-state index in [0.29, 0.717) is 12.2 Å². The third-order valence-corrected chi connectivity index (χ3v) is 3.60. The molecular formula is C11H15N3OS. The van der Waals surface area contributed by atoms with Gasteiger partial charge in [-0.3, -0.25) is 4.79 Å². The molecule has 1 atom stereocenters. The number of aromatic nitrogens is 1. The second kappa shape index (κ2) is 5.32. The third-order valence-electron chi connectivity index (χ3n) is 2.53. The van der Waals surface area contributed by atoms with Gasteiger partial charge in [-0.05, 0) is 17.7 Å². The number of nitrogens with zero attached hydrogens (tertiary/aromatic N) is 1. The maximum absolute atomic E-state index is 11.9. The zero-order valence-corrected chi connectivity index (χ0v) is 9.80. The van der Waals surface area contributed by atoms with Crippen LogP contribution in [0.3, 0.4) is 0 Å². The van der Waals surface area contributed by atoms with Crippen LogP contribution in [0.1, 0.15) is 5.56 Å². The summed E-state index contributed by atoms with van der Waals surface area (Å²) < 4.78 is 0. The van der Waals surface area contributed by atoms with Crippen LogP contribution in [0.4, 0.5) is 5.82 Å². The van der Waals surface area contributed by atoms with E-state index >= 15 is 0 Å². The minimum absolute atomic E-state index is 0.00635. The SMILES string of the molecule is Nc1cc(CC(=O)C2CSCCN2)ccn1. The molecule has 0 aromatic carbocycles. The van der Waals surface area contributed by atoms with E-state index in [1.165, 1.54) is 0 Å². The van der Waals surface area contributed by atoms with Crippen molar-refractivity contribution in [2.75, 3.05) is 23.8 Å². The van der Waals surface area contributed by atoms with Crippen LogP contribution in [0.15, 0.2) is 18.3 Å². The number of carbonyl (C=O) groups is 1. The number of anilines is 1. The highest BCUT2D eigenvalue weighted by Crippen LogP contribution is 2.11. The van der Waals surface area contributed by atoms with Crippen molar-refractivity contribution in [3.05, 3.63) is 23.9 Å². The number of carbonyl (C=O) groups excluding carboxylic acids is 1. The highest BCUT2D eigenvalue weighted by atomic mass is 32.2. The first-order valence-electron chi connectivity index (χ1n) is 5.30. The molecule has 86 valence electrons. The Morgan fingerprint density at radius 2 is 2.56 bits per heavy atom. The van der Waals surface area contributed by atoms with Gasteiger partial charge in [0, 0.05) is 30.7 Å². The number of pyridine rings is 1. The molecule has 0 aliphatic carbocycles. The molecule has 2 heterocycles. The van der Waals surface area contributed by atoms with Gasteiger partial charge in [-0.2, -0.15) is 11.8 Å². The van der Waals surface area contributed by atoms with Crippen molar-refractivity contribution < 1.29 is 4.79 Å². The second-order valence-corrected chi connectivity index (χ2v) is 4.96. The van der Waals surface area contributed by atoms with Crippen LogP contribution in [-0.4, -0.2) is 34.9 Å². The van der Waals surface area contributed by atoms with Gasteiger partial charge < -0.3 is 11.1 Å². The minimum Gasteiger partial charge on any atom is -0.384 e. The summed E-state index contributed by atoms with van der Waals surface area (Å²) >= 11 is 1.82. The number of ketones is 1. The van der Waals surface area contributed by atoms with Crippen LogP contribution in [0.5, 0.6) is 0 Å². The molecule has 1 aromatic heterocycles. The van der Waals surface area contributed by atoms with Gasteiger partial charge in [0.1, 0.15) is 5.82 Å². The standard InChI is InChI=1S/C11H15N3OS/c12-11-6-8(1-2-14-11)5-10(15)9-7-16-4-3-13-9/h1-2,6,9,13H,3-5,7H2,(H2,12,14). The van der Waals surface area contributed by atoms with Gasteiger partial charge in [0.15, 0.2) is 5.78 Å². The largest absolute Gasteiger partial charge is 0.384 e. The number of rotatable bonds is 3. The summed E-state index contributed by atoms with van der Waals surface area (Å²) in [5, 5.41) is 3.24. The average molecular weight is 237 g/mol. The van der Waals surface area contributed by atoms with Crippen LogP contribution in [0.25, 0.3) is 0 Å². The van der Waals surface area contributed by atoms with E-state index in [4.69, 9.17) is 5.73 Å². The molecule has 1 saturated heterocycles. The van der Waals surface area contributed by atoms with Crippen LogP contribution in [0.2, 0.25) is 0 Å². The highest BCUT2D eigenvalue weighted by Gasteiger charge is 2.20. The van der Waals surface area contributed by atoms with Gasteiger partial charge in [-0.15, -0.1) is 0 Å². The van der Waals surface area contributed by atoms with Gasteiger partial charge in [0.25, 0.3) is 0 Å². The number of nitrogens with one attached hydrogen (secondary N) is 1. The molecule has 0 amide bonds. The van der Waals surface area contributed by atoms with E-state index in [1.807, 2.05) is 17.8 Å². The van der Waals surface area contributed by atoms with Crippen molar-refractivity contribution in [2.24, 2.45) is 0 Å². The smallest absolute Gasteiger partial charge is 0.154 e. The van der Waals surface area contributed by atoms with E-state index in [-0.39, 0.29) is 11.8 Å². The van der Waals surface area contributed by atoms with E-state index in [9.17, 15) is 4.79 Å². The van der Waals surface area contributed by atoms with Gasteiger partial charge >= 0.3 is 0 Å². The number of nitrogen functional groups attached to an aromatic ring is 1. The number of hydrogen-bond donors (Lipinski definition) is 2. The molecule has 2 rings (SSSR count). The first kappa shape index (κ1) is 11.4. The summed E-state index contributed by atoms with van der Waals surface area (Å²) in [5.74, 6) is 2.67. The Balaban J connectivity index is 1.96. The third kappa shape index (κ3) is 2.96. The molecule has 1 fully saturated rings. The fraction of sp³-hybridized carbons (Fsp3) is 0.455. The van der Waals surface area contributed by atoms with E-state index < -0.39 is 0 Å². The molecule has 0 saturated carbocycles. The Morgan fingerprint density at radius 1 is 1.69 bits per heavy atom. The number of Topliss-reactive ketones (excluding diaryl/α,β-unsaturated/α-hetero) is 1.